The van der Waals surface area contributed by atoms with Crippen molar-refractivity contribution >= 4 is 40.1 Å². The normalized spacial score (nSPS) is 12.5. The van der Waals surface area contributed by atoms with Crippen LogP contribution in [0.4, 0.5) is 0 Å². The van der Waals surface area contributed by atoms with Gasteiger partial charge < -0.3 is 14.9 Å². The van der Waals surface area contributed by atoms with Gasteiger partial charge in [0.15, 0.2) is 0 Å². The fraction of sp³-hybridized carbons (Fsp3) is 0.118. The van der Waals surface area contributed by atoms with Gasteiger partial charge in [0.2, 0.25) is 0 Å². The summed E-state index contributed by atoms with van der Waals surface area (Å²) in [6.07, 6.45) is 1.69. The number of carboxylic acids is 1. The highest BCUT2D eigenvalue weighted by Crippen LogP contribution is 2.35. The van der Waals surface area contributed by atoms with Crippen molar-refractivity contribution < 1.29 is 9.90 Å². The molecule has 0 aliphatic carbocycles. The van der Waals surface area contributed by atoms with Crippen LogP contribution >= 0.6 is 23.2 Å². The van der Waals surface area contributed by atoms with Crippen molar-refractivity contribution in [2.45, 2.75) is 12.3 Å². The molecule has 0 aliphatic rings. The summed E-state index contributed by atoms with van der Waals surface area (Å²) in [6, 6.07) is 12.7. The number of aliphatic carboxylic acids is 1. The smallest absolute Gasteiger partial charge is 0.0458 e. The van der Waals surface area contributed by atoms with E-state index in [1.807, 2.05) is 30.5 Å². The molecule has 3 nitrogen and oxygen atoms in total. The number of benzene rings is 2. The summed E-state index contributed by atoms with van der Waals surface area (Å²) in [7, 11) is 0. The first-order chi connectivity index (χ1) is 10.5. The number of rotatable bonds is 4. The predicted molar refractivity (Wildman–Crippen MR) is 86.2 cm³/mol. The zero-order valence-electron chi connectivity index (χ0n) is 11.5. The molecule has 3 rings (SSSR count). The summed E-state index contributed by atoms with van der Waals surface area (Å²) in [5.74, 6) is -1.46. The van der Waals surface area contributed by atoms with Gasteiger partial charge in [0.1, 0.15) is 0 Å². The van der Waals surface area contributed by atoms with E-state index >= 15 is 0 Å². The van der Waals surface area contributed by atoms with Gasteiger partial charge in [-0.2, -0.15) is 0 Å². The molecule has 0 saturated carbocycles. The summed E-state index contributed by atoms with van der Waals surface area (Å²) >= 11 is 12.1. The average Bonchev–Trinajstić information content (AvgIpc) is 2.87. The second kappa shape index (κ2) is 6.03. The van der Waals surface area contributed by atoms with Gasteiger partial charge in [0, 0.05) is 39.0 Å². The lowest BCUT2D eigenvalue weighted by molar-refractivity contribution is -0.305. The molecular weight excluding hydrogens is 321 g/mol. The van der Waals surface area contributed by atoms with Gasteiger partial charge in [-0.25, -0.2) is 0 Å². The van der Waals surface area contributed by atoms with Crippen LogP contribution in [0.5, 0.6) is 0 Å². The number of carbonyl (C=O) groups is 1. The van der Waals surface area contributed by atoms with Crippen molar-refractivity contribution in [3.05, 3.63) is 69.8 Å². The lowest BCUT2D eigenvalue weighted by Crippen LogP contribution is -2.24. The lowest BCUT2D eigenvalue weighted by Gasteiger charge is -2.18. The molecule has 0 saturated heterocycles. The Kier molecular flexibility index (Phi) is 4.10. The lowest BCUT2D eigenvalue weighted by atomic mass is 9.88. The Morgan fingerprint density at radius 3 is 2.64 bits per heavy atom. The molecule has 22 heavy (non-hydrogen) atoms. The number of halogens is 2. The quantitative estimate of drug-likeness (QED) is 0.791. The van der Waals surface area contributed by atoms with Crippen LogP contribution in [-0.4, -0.2) is 11.0 Å². The summed E-state index contributed by atoms with van der Waals surface area (Å²) in [6.45, 7) is 0. The molecule has 0 unspecified atom stereocenters. The maximum Gasteiger partial charge on any atom is 0.0458 e. The Labute approximate surface area is 137 Å². The molecule has 0 aliphatic heterocycles. The van der Waals surface area contributed by atoms with E-state index in [-0.39, 0.29) is 12.3 Å². The van der Waals surface area contributed by atoms with E-state index in [1.165, 1.54) is 0 Å². The number of hydrogen-bond donors (Lipinski definition) is 1. The fourth-order valence-electron chi connectivity index (χ4n) is 2.70. The Bertz CT molecular complexity index is 842. The molecule has 5 heteroatoms. The molecule has 0 amide bonds. The largest absolute Gasteiger partial charge is 0.550 e. The molecule has 0 bridgehead atoms. The highest BCUT2D eigenvalue weighted by Gasteiger charge is 2.19. The van der Waals surface area contributed by atoms with Crippen LogP contribution in [0.3, 0.4) is 0 Å². The van der Waals surface area contributed by atoms with Crippen molar-refractivity contribution in [3.63, 3.8) is 0 Å². The second-order valence-electron chi connectivity index (χ2n) is 5.12. The molecule has 2 aromatic carbocycles. The molecule has 0 radical (unpaired) electrons. The first kappa shape index (κ1) is 14.9. The predicted octanol–water partition coefficient (Wildman–Crippen LogP) is 3.75. The van der Waals surface area contributed by atoms with Crippen molar-refractivity contribution in [1.82, 2.24) is 4.98 Å². The summed E-state index contributed by atoms with van der Waals surface area (Å²) in [5.41, 5.74) is 2.60. The fourth-order valence-corrected chi connectivity index (χ4v) is 3.07. The molecule has 1 atom stereocenters. The third-order valence-corrected chi connectivity index (χ3v) is 4.14. The minimum Gasteiger partial charge on any atom is -0.550 e. The summed E-state index contributed by atoms with van der Waals surface area (Å²) < 4.78 is 0. The van der Waals surface area contributed by atoms with Crippen LogP contribution in [0, 0.1) is 0 Å². The number of aromatic nitrogens is 1. The number of aromatic amines is 1. The van der Waals surface area contributed by atoms with Gasteiger partial charge in [-0.15, -0.1) is 0 Å². The van der Waals surface area contributed by atoms with Crippen molar-refractivity contribution in [2.75, 3.05) is 0 Å². The third-order valence-electron chi connectivity index (χ3n) is 3.67. The minimum atomic E-state index is -1.11. The van der Waals surface area contributed by atoms with Crippen LogP contribution in [0.2, 0.25) is 10.0 Å². The topological polar surface area (TPSA) is 55.9 Å². The van der Waals surface area contributed by atoms with Crippen LogP contribution in [0.15, 0.2) is 48.7 Å². The summed E-state index contributed by atoms with van der Waals surface area (Å²) in [4.78, 5) is 14.3. The van der Waals surface area contributed by atoms with Gasteiger partial charge in [-0.3, -0.25) is 0 Å². The minimum absolute atomic E-state index is 0.125. The molecule has 3 aromatic rings. The van der Waals surface area contributed by atoms with Crippen LogP contribution in [-0.2, 0) is 4.79 Å². The van der Waals surface area contributed by atoms with Crippen molar-refractivity contribution in [1.29, 1.82) is 0 Å². The molecule has 1 N–H and O–H groups in total. The van der Waals surface area contributed by atoms with E-state index in [0.29, 0.717) is 10.0 Å². The first-order valence-corrected chi connectivity index (χ1v) is 7.52. The maximum atomic E-state index is 11.2. The van der Waals surface area contributed by atoms with Crippen molar-refractivity contribution in [3.8, 4) is 0 Å². The average molecular weight is 333 g/mol. The van der Waals surface area contributed by atoms with E-state index < -0.39 is 5.97 Å². The second-order valence-corrected chi connectivity index (χ2v) is 5.99. The van der Waals surface area contributed by atoms with Gasteiger partial charge >= 0.3 is 0 Å². The molecule has 1 aromatic heterocycles. The molecule has 0 spiro atoms. The number of nitrogens with one attached hydrogen (secondary N) is 1. The number of fused-ring (bicyclic) bond motifs is 1. The third kappa shape index (κ3) is 2.96. The Morgan fingerprint density at radius 2 is 1.91 bits per heavy atom. The van der Waals surface area contributed by atoms with E-state index in [1.54, 1.807) is 18.2 Å². The highest BCUT2D eigenvalue weighted by molar-refractivity contribution is 6.31. The summed E-state index contributed by atoms with van der Waals surface area (Å²) in [5, 5.41) is 13.3. The van der Waals surface area contributed by atoms with Gasteiger partial charge in [-0.05, 0) is 47.9 Å². The molecule has 1 heterocycles. The number of carbonyl (C=O) groups excluding carboxylic acids is 1. The van der Waals surface area contributed by atoms with E-state index in [4.69, 9.17) is 23.2 Å². The van der Waals surface area contributed by atoms with E-state index in [0.717, 1.165) is 22.0 Å². The van der Waals surface area contributed by atoms with Crippen molar-refractivity contribution in [2.24, 2.45) is 0 Å². The Balaban J connectivity index is 2.15. The Hall–Kier alpha value is -1.97. The monoisotopic (exact) mass is 332 g/mol. The molecular formula is C17H12Cl2NO2-. The first-order valence-electron chi connectivity index (χ1n) is 6.76. The highest BCUT2D eigenvalue weighted by atomic mass is 35.5. The number of H-pyrrole nitrogens is 1. The Morgan fingerprint density at radius 1 is 1.14 bits per heavy atom. The SMILES string of the molecule is O=C([O-])C[C@H](c1cccc(Cl)c1)c1c[nH]c2ccc(Cl)cc12. The zero-order chi connectivity index (χ0) is 15.7. The maximum absolute atomic E-state index is 11.2. The standard InChI is InChI=1S/C17H13Cl2NO2/c18-11-3-1-2-10(6-11)13(8-17(21)22)15-9-20-16-5-4-12(19)7-14(15)16/h1-7,9,13,20H,8H2,(H,21,22)/p-1/t13-/m1/s1. The molecule has 0 fully saturated rings. The number of hydrogen-bond acceptors (Lipinski definition) is 2. The van der Waals surface area contributed by atoms with E-state index in [9.17, 15) is 9.90 Å². The van der Waals surface area contributed by atoms with E-state index in [2.05, 4.69) is 4.98 Å². The van der Waals surface area contributed by atoms with Gasteiger partial charge in [0.25, 0.3) is 0 Å². The van der Waals surface area contributed by atoms with Crippen LogP contribution in [0.25, 0.3) is 10.9 Å². The van der Waals surface area contributed by atoms with Gasteiger partial charge in [0.05, 0.1) is 0 Å². The van der Waals surface area contributed by atoms with Crippen LogP contribution in [0.1, 0.15) is 23.5 Å². The molecule has 112 valence electrons. The number of carboxylic acid groups (broad SMARTS) is 1. The van der Waals surface area contributed by atoms with Crippen LogP contribution < -0.4 is 5.11 Å². The zero-order valence-corrected chi connectivity index (χ0v) is 13.0. The van der Waals surface area contributed by atoms with Gasteiger partial charge in [-0.1, -0.05) is 35.3 Å².